The van der Waals surface area contributed by atoms with Crippen molar-refractivity contribution in [1.82, 2.24) is 20.1 Å². The minimum absolute atomic E-state index is 0.175. The number of carbonyl (C=O) groups is 2. The predicted molar refractivity (Wildman–Crippen MR) is 178 cm³/mol. The van der Waals surface area contributed by atoms with Gasteiger partial charge in [-0.2, -0.15) is 14.9 Å². The highest BCUT2D eigenvalue weighted by atomic mass is 32.1. The second kappa shape index (κ2) is 12.2. The summed E-state index contributed by atoms with van der Waals surface area (Å²) in [7, 11) is 0. The predicted octanol–water partition coefficient (Wildman–Crippen LogP) is 6.93. The zero-order chi connectivity index (χ0) is 33.1. The van der Waals surface area contributed by atoms with Crippen molar-refractivity contribution >= 4 is 28.5 Å². The van der Waals surface area contributed by atoms with Gasteiger partial charge in [-0.25, -0.2) is 9.78 Å². The van der Waals surface area contributed by atoms with Gasteiger partial charge in [0.1, 0.15) is 11.8 Å². The van der Waals surface area contributed by atoms with E-state index in [0.717, 1.165) is 68.0 Å². The standard InChI is InChI=1S/C36H45N5O6S/c1-34(2,3)30-17-29(41(40-30)20-22-8-5-4-6-9-22)31(42)39-32-38-27(21-48-32)19-37-33(43)44-28-10-7-11-35(18-28)45-36(47-46-35)25-13-23-12-24(15-25)16-26(36)14-23/h4-6,8-9,17,21,23-26,28H,7,10-16,18-20H2,1-3H3,(H,37,43)(H,38,39,42)/t23?,24?,25?,26?,28?,35-,36?/m1/s1. The third-order valence-electron chi connectivity index (χ3n) is 11.0. The Morgan fingerprint density at radius 1 is 1.06 bits per heavy atom. The van der Waals surface area contributed by atoms with Crippen molar-refractivity contribution < 1.29 is 28.8 Å². The summed E-state index contributed by atoms with van der Waals surface area (Å²) in [5.74, 6) is 0.606. The highest BCUT2D eigenvalue weighted by molar-refractivity contribution is 7.14. The first-order valence-corrected chi connectivity index (χ1v) is 18.3. The number of nitrogens with zero attached hydrogens (tertiary/aromatic N) is 3. The molecule has 1 saturated heterocycles. The number of benzene rings is 1. The Bertz CT molecular complexity index is 1640. The average molecular weight is 676 g/mol. The van der Waals surface area contributed by atoms with Crippen molar-refractivity contribution in [2.45, 2.75) is 115 Å². The summed E-state index contributed by atoms with van der Waals surface area (Å²) in [6.07, 6.45) is 7.92. The maximum absolute atomic E-state index is 13.4. The lowest BCUT2D eigenvalue weighted by Crippen LogP contribution is -2.59. The van der Waals surface area contributed by atoms with Crippen molar-refractivity contribution in [2.24, 2.45) is 23.7 Å². The molecule has 6 fully saturated rings. The van der Waals surface area contributed by atoms with E-state index >= 15 is 0 Å². The van der Waals surface area contributed by atoms with Crippen LogP contribution in [0, 0.1) is 23.7 Å². The molecule has 48 heavy (non-hydrogen) atoms. The summed E-state index contributed by atoms with van der Waals surface area (Å²) in [5, 5.41) is 12.8. The third kappa shape index (κ3) is 6.16. The molecular formula is C36H45N5O6S. The van der Waals surface area contributed by atoms with Crippen LogP contribution in [0.3, 0.4) is 0 Å². The van der Waals surface area contributed by atoms with Gasteiger partial charge in [-0.15, -0.1) is 11.3 Å². The molecule has 5 saturated carbocycles. The van der Waals surface area contributed by atoms with Gasteiger partial charge in [0.05, 0.1) is 24.5 Å². The molecule has 2 atom stereocenters. The van der Waals surface area contributed by atoms with E-state index in [1.54, 1.807) is 4.68 Å². The number of alkyl carbamates (subject to hydrolysis) is 1. The third-order valence-corrected chi connectivity index (χ3v) is 11.8. The molecule has 5 aliphatic carbocycles. The van der Waals surface area contributed by atoms with Crippen molar-refractivity contribution in [1.29, 1.82) is 0 Å². The fourth-order valence-electron chi connectivity index (χ4n) is 8.83. The first-order chi connectivity index (χ1) is 23.1. The van der Waals surface area contributed by atoms with Crippen LogP contribution in [0.2, 0.25) is 0 Å². The number of anilines is 1. The molecule has 2 amide bonds. The molecule has 256 valence electrons. The topological polar surface area (TPSA) is 126 Å². The van der Waals surface area contributed by atoms with Crippen LogP contribution in [-0.2, 0) is 37.8 Å². The highest BCUT2D eigenvalue weighted by Crippen LogP contribution is 2.63. The van der Waals surface area contributed by atoms with E-state index in [0.29, 0.717) is 41.3 Å². The Morgan fingerprint density at radius 2 is 1.81 bits per heavy atom. The Balaban J connectivity index is 0.850. The van der Waals surface area contributed by atoms with E-state index in [-0.39, 0.29) is 24.0 Å². The second-order valence-electron chi connectivity index (χ2n) is 15.6. The molecule has 6 aliphatic rings. The van der Waals surface area contributed by atoms with E-state index in [1.807, 2.05) is 41.8 Å². The lowest BCUT2D eigenvalue weighted by atomic mass is 9.53. The number of rotatable bonds is 7. The minimum Gasteiger partial charge on any atom is -0.446 e. The Hall–Kier alpha value is -3.32. The smallest absolute Gasteiger partial charge is 0.407 e. The van der Waals surface area contributed by atoms with Crippen molar-refractivity contribution in [3.05, 3.63) is 64.4 Å². The van der Waals surface area contributed by atoms with Gasteiger partial charge in [-0.1, -0.05) is 51.1 Å². The van der Waals surface area contributed by atoms with Crippen LogP contribution >= 0.6 is 11.3 Å². The number of hydrogen-bond acceptors (Lipinski definition) is 9. The van der Waals surface area contributed by atoms with Crippen molar-refractivity contribution in [3.63, 3.8) is 0 Å². The zero-order valence-corrected chi connectivity index (χ0v) is 28.7. The van der Waals surface area contributed by atoms with E-state index in [4.69, 9.17) is 24.3 Å². The lowest BCUT2D eigenvalue weighted by Gasteiger charge is -2.57. The molecule has 1 aliphatic heterocycles. The Kier molecular flexibility index (Phi) is 8.13. The van der Waals surface area contributed by atoms with E-state index in [9.17, 15) is 9.59 Å². The summed E-state index contributed by atoms with van der Waals surface area (Å²) in [6.45, 7) is 6.87. The van der Waals surface area contributed by atoms with E-state index in [2.05, 4.69) is 36.4 Å². The lowest BCUT2D eigenvalue weighted by molar-refractivity contribution is -0.390. The van der Waals surface area contributed by atoms with Gasteiger partial charge in [0.15, 0.2) is 5.13 Å². The number of aromatic nitrogens is 3. The maximum Gasteiger partial charge on any atom is 0.407 e. The minimum atomic E-state index is -0.856. The largest absolute Gasteiger partial charge is 0.446 e. The SMILES string of the molecule is CC(C)(C)c1cc(C(=O)Nc2nc(CNC(=O)OC3CCC[C@]4(C3)OOC3(O4)C4CC5CC(C4)CC3C5)cs2)n(Cc2ccccc2)n1. The Labute approximate surface area is 285 Å². The molecule has 2 N–H and O–H groups in total. The summed E-state index contributed by atoms with van der Waals surface area (Å²) in [6, 6.07) is 11.8. The first-order valence-electron chi connectivity index (χ1n) is 17.5. The summed E-state index contributed by atoms with van der Waals surface area (Å²) < 4.78 is 14.4. The van der Waals surface area contributed by atoms with Gasteiger partial charge in [0.25, 0.3) is 5.91 Å². The molecule has 11 nitrogen and oxygen atoms in total. The molecule has 12 heteroatoms. The summed E-state index contributed by atoms with van der Waals surface area (Å²) in [5.41, 5.74) is 2.76. The fraction of sp³-hybridized carbons (Fsp3) is 0.611. The van der Waals surface area contributed by atoms with Crippen LogP contribution in [-0.4, -0.2) is 44.4 Å². The number of ether oxygens (including phenoxy) is 2. The molecule has 1 unspecified atom stereocenters. The van der Waals surface area contributed by atoms with E-state index < -0.39 is 17.7 Å². The van der Waals surface area contributed by atoms with Gasteiger partial charge < -0.3 is 14.8 Å². The molecule has 3 aromatic rings. The second-order valence-corrected chi connectivity index (χ2v) is 16.4. The monoisotopic (exact) mass is 675 g/mol. The molecule has 4 bridgehead atoms. The molecule has 0 radical (unpaired) electrons. The van der Waals surface area contributed by atoms with Crippen LogP contribution < -0.4 is 10.6 Å². The van der Waals surface area contributed by atoms with Gasteiger partial charge in [0, 0.05) is 35.5 Å². The van der Waals surface area contributed by atoms with Crippen LogP contribution in [0.5, 0.6) is 0 Å². The normalized spacial score (nSPS) is 32.2. The highest BCUT2D eigenvalue weighted by Gasteiger charge is 2.67. The molecular weight excluding hydrogens is 630 g/mol. The van der Waals surface area contributed by atoms with Gasteiger partial charge in [-0.05, 0) is 68.4 Å². The molecule has 1 aromatic carbocycles. The van der Waals surface area contributed by atoms with Gasteiger partial charge in [0.2, 0.25) is 11.6 Å². The average Bonchev–Trinajstić information content (AvgIpc) is 3.77. The van der Waals surface area contributed by atoms with Gasteiger partial charge in [-0.3, -0.25) is 14.8 Å². The quantitative estimate of drug-likeness (QED) is 0.258. The number of thiazole rings is 1. The van der Waals surface area contributed by atoms with Crippen molar-refractivity contribution in [2.75, 3.05) is 5.32 Å². The molecule has 3 heterocycles. The summed E-state index contributed by atoms with van der Waals surface area (Å²) in [4.78, 5) is 43.0. The molecule has 9 rings (SSSR count). The van der Waals surface area contributed by atoms with E-state index in [1.165, 1.54) is 17.8 Å². The zero-order valence-electron chi connectivity index (χ0n) is 27.9. The molecule has 2 aromatic heterocycles. The van der Waals surface area contributed by atoms with Crippen LogP contribution in [0.4, 0.5) is 9.93 Å². The van der Waals surface area contributed by atoms with Crippen LogP contribution in [0.25, 0.3) is 0 Å². The number of amides is 2. The van der Waals surface area contributed by atoms with Crippen LogP contribution in [0.1, 0.15) is 106 Å². The van der Waals surface area contributed by atoms with Gasteiger partial charge >= 0.3 is 6.09 Å². The van der Waals surface area contributed by atoms with Crippen LogP contribution in [0.15, 0.2) is 41.8 Å². The Morgan fingerprint density at radius 3 is 2.54 bits per heavy atom. The maximum atomic E-state index is 13.4. The fourth-order valence-corrected chi connectivity index (χ4v) is 9.54. The number of nitrogens with one attached hydrogen (secondary N) is 2. The number of carbonyl (C=O) groups excluding carboxylic acids is 2. The van der Waals surface area contributed by atoms with Crippen molar-refractivity contribution in [3.8, 4) is 0 Å². The number of hydrogen-bond donors (Lipinski definition) is 2. The first kappa shape index (κ1) is 31.9. The summed E-state index contributed by atoms with van der Waals surface area (Å²) >= 11 is 1.30. The molecule has 2 spiro atoms.